The van der Waals surface area contributed by atoms with Crippen molar-refractivity contribution in [1.29, 1.82) is 0 Å². The fraction of sp³-hybridized carbons (Fsp3) is 0.111. The van der Waals surface area contributed by atoms with E-state index in [4.69, 9.17) is 4.42 Å². The van der Waals surface area contributed by atoms with Gasteiger partial charge in [-0.25, -0.2) is 4.98 Å². The van der Waals surface area contributed by atoms with Crippen LogP contribution in [-0.4, -0.2) is 15.8 Å². The number of carbonyl (C=O) groups is 1. The Balaban J connectivity index is 1.97. The molecule has 2 heterocycles. The smallest absolute Gasteiger partial charge is 0.270 e. The number of nitro benzene ring substituents is 1. The molecular weight excluding hydrogens is 322 g/mol. The third-order valence-electron chi connectivity index (χ3n) is 3.58. The molecule has 7 nitrogen and oxygen atoms in total. The number of anilines is 1. The minimum atomic E-state index is -0.530. The van der Waals surface area contributed by atoms with E-state index < -0.39 is 10.8 Å². The normalized spacial score (nSPS) is 10.4. The Morgan fingerprint density at radius 3 is 2.68 bits per heavy atom. The van der Waals surface area contributed by atoms with Crippen molar-refractivity contribution < 1.29 is 14.1 Å². The zero-order valence-electron chi connectivity index (χ0n) is 13.5. The first-order valence-electron chi connectivity index (χ1n) is 7.57. The predicted octanol–water partition coefficient (Wildman–Crippen LogP) is 3.74. The van der Waals surface area contributed by atoms with E-state index in [9.17, 15) is 14.9 Å². The molecule has 0 aliphatic heterocycles. The zero-order valence-corrected chi connectivity index (χ0v) is 13.5. The molecule has 0 radical (unpaired) electrons. The summed E-state index contributed by atoms with van der Waals surface area (Å²) >= 11 is 0. The number of aryl methyl sites for hydroxylation is 1. The molecule has 1 amide bonds. The summed E-state index contributed by atoms with van der Waals surface area (Å²) in [6, 6.07) is 14.4. The van der Waals surface area contributed by atoms with E-state index in [1.165, 1.54) is 23.1 Å². The topological polar surface area (TPSA) is 89.5 Å². The van der Waals surface area contributed by atoms with Gasteiger partial charge < -0.3 is 4.42 Å². The molecule has 3 aromatic rings. The van der Waals surface area contributed by atoms with Gasteiger partial charge in [0.1, 0.15) is 17.3 Å². The molecule has 2 aromatic heterocycles. The van der Waals surface area contributed by atoms with Gasteiger partial charge in [-0.1, -0.05) is 12.1 Å². The maximum Gasteiger partial charge on any atom is 0.270 e. The SMILES string of the molecule is Cc1ccc(CN(C(=O)c2cccc([N+](=O)[O-])c2)c2ccccn2)o1. The van der Waals surface area contributed by atoms with Crippen LogP contribution in [-0.2, 0) is 6.54 Å². The number of pyridine rings is 1. The Morgan fingerprint density at radius 1 is 1.20 bits per heavy atom. The van der Waals surface area contributed by atoms with Gasteiger partial charge in [-0.15, -0.1) is 0 Å². The quantitative estimate of drug-likeness (QED) is 0.522. The van der Waals surface area contributed by atoms with Gasteiger partial charge in [-0.05, 0) is 37.3 Å². The highest BCUT2D eigenvalue weighted by Crippen LogP contribution is 2.21. The van der Waals surface area contributed by atoms with E-state index in [0.717, 1.165) is 5.76 Å². The molecule has 0 saturated heterocycles. The summed E-state index contributed by atoms with van der Waals surface area (Å²) in [5.41, 5.74) is 0.0730. The monoisotopic (exact) mass is 337 g/mol. The number of hydrogen-bond acceptors (Lipinski definition) is 5. The number of nitro groups is 1. The Hall–Kier alpha value is -3.48. The molecule has 7 heteroatoms. The van der Waals surface area contributed by atoms with Crippen LogP contribution in [0.1, 0.15) is 21.9 Å². The fourth-order valence-corrected chi connectivity index (χ4v) is 2.40. The first-order valence-corrected chi connectivity index (χ1v) is 7.57. The predicted molar refractivity (Wildman–Crippen MR) is 91.3 cm³/mol. The van der Waals surface area contributed by atoms with E-state index in [1.54, 1.807) is 36.5 Å². The molecule has 0 bridgehead atoms. The van der Waals surface area contributed by atoms with Crippen molar-refractivity contribution in [2.45, 2.75) is 13.5 Å². The second kappa shape index (κ2) is 6.96. The summed E-state index contributed by atoms with van der Waals surface area (Å²) in [6.07, 6.45) is 1.58. The van der Waals surface area contributed by atoms with Crippen molar-refractivity contribution in [3.8, 4) is 0 Å². The Kier molecular flexibility index (Phi) is 4.56. The van der Waals surface area contributed by atoms with Crippen LogP contribution in [0.2, 0.25) is 0 Å². The van der Waals surface area contributed by atoms with Crippen molar-refractivity contribution in [1.82, 2.24) is 4.98 Å². The van der Waals surface area contributed by atoms with Crippen LogP contribution in [0.4, 0.5) is 11.5 Å². The number of aromatic nitrogens is 1. The van der Waals surface area contributed by atoms with E-state index in [-0.39, 0.29) is 17.8 Å². The van der Waals surface area contributed by atoms with E-state index in [1.807, 2.05) is 13.0 Å². The van der Waals surface area contributed by atoms with Gasteiger partial charge >= 0.3 is 0 Å². The van der Waals surface area contributed by atoms with Crippen LogP contribution in [0, 0.1) is 17.0 Å². The lowest BCUT2D eigenvalue weighted by atomic mass is 10.1. The molecule has 1 aromatic carbocycles. The summed E-state index contributed by atoms with van der Waals surface area (Å²) in [7, 11) is 0. The molecule has 3 rings (SSSR count). The largest absolute Gasteiger partial charge is 0.464 e. The minimum absolute atomic E-state index is 0.138. The number of non-ortho nitro benzene ring substituents is 1. The highest BCUT2D eigenvalue weighted by atomic mass is 16.6. The number of nitrogens with zero attached hydrogens (tertiary/aromatic N) is 3. The first-order chi connectivity index (χ1) is 12.0. The van der Waals surface area contributed by atoms with Gasteiger partial charge in [0.2, 0.25) is 0 Å². The van der Waals surface area contributed by atoms with Crippen LogP contribution < -0.4 is 4.90 Å². The van der Waals surface area contributed by atoms with Crippen LogP contribution in [0.25, 0.3) is 0 Å². The van der Waals surface area contributed by atoms with Crippen LogP contribution in [0.3, 0.4) is 0 Å². The third kappa shape index (κ3) is 3.72. The van der Waals surface area contributed by atoms with Gasteiger partial charge in [0.05, 0.1) is 11.5 Å². The molecule has 0 saturated carbocycles. The highest BCUT2D eigenvalue weighted by molar-refractivity contribution is 6.05. The fourth-order valence-electron chi connectivity index (χ4n) is 2.40. The molecule has 0 spiro atoms. The molecular formula is C18H15N3O4. The van der Waals surface area contributed by atoms with Crippen molar-refractivity contribution in [2.75, 3.05) is 4.90 Å². The number of amides is 1. The first kappa shape index (κ1) is 16.4. The molecule has 0 aliphatic rings. The number of benzene rings is 1. The lowest BCUT2D eigenvalue weighted by Gasteiger charge is -2.20. The number of rotatable bonds is 5. The van der Waals surface area contributed by atoms with E-state index in [0.29, 0.717) is 11.6 Å². The van der Waals surface area contributed by atoms with Crippen LogP contribution >= 0.6 is 0 Å². The van der Waals surface area contributed by atoms with Crippen molar-refractivity contribution >= 4 is 17.4 Å². The molecule has 0 aliphatic carbocycles. The second-order valence-corrected chi connectivity index (χ2v) is 5.40. The average molecular weight is 337 g/mol. The second-order valence-electron chi connectivity index (χ2n) is 5.40. The maximum atomic E-state index is 13.0. The average Bonchev–Trinajstić information content (AvgIpc) is 3.05. The Labute approximate surface area is 143 Å². The minimum Gasteiger partial charge on any atom is -0.464 e. The molecule has 0 fully saturated rings. The summed E-state index contributed by atoms with van der Waals surface area (Å²) in [6.45, 7) is 1.99. The molecule has 0 atom stereocenters. The molecule has 126 valence electrons. The summed E-state index contributed by atoms with van der Waals surface area (Å²) in [5, 5.41) is 11.0. The maximum absolute atomic E-state index is 13.0. The summed E-state index contributed by atoms with van der Waals surface area (Å²) in [4.78, 5) is 29.0. The van der Waals surface area contributed by atoms with Gasteiger partial charge in [-0.2, -0.15) is 0 Å². The lowest BCUT2D eigenvalue weighted by Crippen LogP contribution is -2.31. The molecule has 0 N–H and O–H groups in total. The standard InChI is InChI=1S/C18H15N3O4/c1-13-8-9-16(25-13)12-20(17-7-2-3-10-19-17)18(22)14-5-4-6-15(11-14)21(23)24/h2-11H,12H2,1H3. The van der Waals surface area contributed by atoms with E-state index >= 15 is 0 Å². The van der Waals surface area contributed by atoms with Crippen LogP contribution in [0.15, 0.2) is 65.2 Å². The van der Waals surface area contributed by atoms with Gasteiger partial charge in [0.25, 0.3) is 11.6 Å². The van der Waals surface area contributed by atoms with Crippen molar-refractivity contribution in [3.63, 3.8) is 0 Å². The van der Waals surface area contributed by atoms with Crippen molar-refractivity contribution in [3.05, 3.63) is 88.0 Å². The van der Waals surface area contributed by atoms with Gasteiger partial charge in [0, 0.05) is 23.9 Å². The molecule has 0 unspecified atom stereocenters. The number of hydrogen-bond donors (Lipinski definition) is 0. The summed E-state index contributed by atoms with van der Waals surface area (Å²) < 4.78 is 5.55. The molecule has 25 heavy (non-hydrogen) atoms. The Bertz CT molecular complexity index is 905. The Morgan fingerprint density at radius 2 is 2.04 bits per heavy atom. The van der Waals surface area contributed by atoms with Gasteiger partial charge in [-0.3, -0.25) is 19.8 Å². The lowest BCUT2D eigenvalue weighted by molar-refractivity contribution is -0.384. The van der Waals surface area contributed by atoms with Gasteiger partial charge in [0.15, 0.2) is 0 Å². The third-order valence-corrected chi connectivity index (χ3v) is 3.58. The summed E-state index contributed by atoms with van der Waals surface area (Å²) in [5.74, 6) is 1.38. The highest BCUT2D eigenvalue weighted by Gasteiger charge is 2.22. The number of furan rings is 1. The van der Waals surface area contributed by atoms with Crippen molar-refractivity contribution in [2.24, 2.45) is 0 Å². The number of carbonyl (C=O) groups excluding carboxylic acids is 1. The van der Waals surface area contributed by atoms with Crippen LogP contribution in [0.5, 0.6) is 0 Å². The van der Waals surface area contributed by atoms with E-state index in [2.05, 4.69) is 4.98 Å². The zero-order chi connectivity index (χ0) is 17.8.